The van der Waals surface area contributed by atoms with E-state index >= 15 is 0 Å². The molecule has 63 heavy (non-hydrogen) atoms. The van der Waals surface area contributed by atoms with Gasteiger partial charge in [0.1, 0.15) is 0 Å². The second-order valence-electron chi connectivity index (χ2n) is 24.2. The van der Waals surface area contributed by atoms with Crippen LogP contribution < -0.4 is 4.90 Å². The third-order valence-electron chi connectivity index (χ3n) is 19.5. The lowest BCUT2D eigenvalue weighted by atomic mass is 9.27. The van der Waals surface area contributed by atoms with Gasteiger partial charge in [0, 0.05) is 22.1 Å². The first-order valence-electron chi connectivity index (χ1n) is 24.7. The van der Waals surface area contributed by atoms with Crippen LogP contribution >= 0.6 is 0 Å². The van der Waals surface area contributed by atoms with Gasteiger partial charge in [0.15, 0.2) is 0 Å². The van der Waals surface area contributed by atoms with Crippen LogP contribution in [0.4, 0.5) is 17.1 Å². The van der Waals surface area contributed by atoms with Gasteiger partial charge in [0.25, 0.3) is 0 Å². The Balaban J connectivity index is 1.06. The molecule has 0 aliphatic heterocycles. The zero-order chi connectivity index (χ0) is 43.1. The monoisotopic (exact) mass is 824 g/mol. The largest absolute Gasteiger partial charge is 0.309 e. The lowest BCUT2D eigenvalue weighted by molar-refractivity contribution is -0.231. The van der Waals surface area contributed by atoms with Gasteiger partial charge in [-0.15, -0.1) is 0 Å². The molecule has 7 aliphatic carbocycles. The lowest BCUT2D eigenvalue weighted by Crippen LogP contribution is -2.73. The van der Waals surface area contributed by atoms with E-state index in [4.69, 9.17) is 0 Å². The van der Waals surface area contributed by atoms with Crippen molar-refractivity contribution in [3.8, 4) is 33.4 Å². The second kappa shape index (κ2) is 12.5. The molecule has 0 radical (unpaired) electrons. The van der Waals surface area contributed by atoms with Crippen molar-refractivity contribution in [1.29, 1.82) is 0 Å². The van der Waals surface area contributed by atoms with Gasteiger partial charge in [-0.1, -0.05) is 165 Å². The van der Waals surface area contributed by atoms with Crippen LogP contribution in [0, 0.1) is 29.1 Å². The van der Waals surface area contributed by atoms with Gasteiger partial charge < -0.3 is 4.90 Å². The van der Waals surface area contributed by atoms with E-state index in [2.05, 4.69) is 188 Å². The average Bonchev–Trinajstić information content (AvgIpc) is 3.92. The summed E-state index contributed by atoms with van der Waals surface area (Å²) in [5.74, 6) is 3.43. The maximum Gasteiger partial charge on any atom is 0.0543 e. The van der Waals surface area contributed by atoms with E-state index in [1.54, 1.807) is 11.1 Å². The van der Waals surface area contributed by atoms with Crippen LogP contribution in [-0.4, -0.2) is 0 Å². The van der Waals surface area contributed by atoms with Gasteiger partial charge in [-0.3, -0.25) is 0 Å². The van der Waals surface area contributed by atoms with E-state index in [1.165, 1.54) is 124 Å². The van der Waals surface area contributed by atoms with Crippen LogP contribution in [0.15, 0.2) is 127 Å². The van der Waals surface area contributed by atoms with Crippen molar-refractivity contribution in [3.05, 3.63) is 161 Å². The van der Waals surface area contributed by atoms with E-state index in [0.29, 0.717) is 5.41 Å². The molecule has 1 heteroatoms. The Labute approximate surface area is 377 Å². The smallest absolute Gasteiger partial charge is 0.0543 e. The Hall–Kier alpha value is -4.88. The van der Waals surface area contributed by atoms with Crippen LogP contribution in [0.5, 0.6) is 0 Å². The van der Waals surface area contributed by atoms with Crippen molar-refractivity contribution in [1.82, 2.24) is 0 Å². The highest BCUT2D eigenvalue weighted by atomic mass is 15.2. The van der Waals surface area contributed by atoms with Gasteiger partial charge in [0.05, 0.1) is 17.1 Å². The highest BCUT2D eigenvalue weighted by molar-refractivity contribution is 6.01. The van der Waals surface area contributed by atoms with Crippen molar-refractivity contribution < 1.29 is 0 Å². The minimum Gasteiger partial charge on any atom is -0.309 e. The Morgan fingerprint density at radius 1 is 0.413 bits per heavy atom. The number of hydrogen-bond donors (Lipinski definition) is 0. The van der Waals surface area contributed by atoms with Crippen LogP contribution in [0.3, 0.4) is 0 Å². The summed E-state index contributed by atoms with van der Waals surface area (Å²) in [5.41, 5.74) is 22.5. The number of anilines is 3. The fourth-order valence-electron chi connectivity index (χ4n) is 16.3. The third kappa shape index (κ3) is 4.85. The number of para-hydroxylation sites is 2. The Morgan fingerprint density at radius 2 is 0.889 bits per heavy atom. The SMILES string of the molecule is CC1(C)CCC(C)(C)c2cc(-c3ccccc3N(c3ccccc3-c3ccc4c(c3)C(C)(C)CCC4(C)C)c3cccc4c3-c3ccccc3C43C4CC5CC6CC3C64C5)ccc21. The molecule has 318 valence electrons. The minimum atomic E-state index is 0.121. The summed E-state index contributed by atoms with van der Waals surface area (Å²) in [7, 11) is 0. The van der Waals surface area contributed by atoms with Crippen molar-refractivity contribution >= 4 is 17.1 Å². The number of benzene rings is 6. The van der Waals surface area contributed by atoms with Crippen LogP contribution in [0.25, 0.3) is 33.4 Å². The predicted molar refractivity (Wildman–Crippen MR) is 264 cm³/mol. The molecule has 4 fully saturated rings. The van der Waals surface area contributed by atoms with E-state index in [9.17, 15) is 0 Å². The van der Waals surface area contributed by atoms with Gasteiger partial charge in [-0.05, 0) is 170 Å². The molecule has 7 aliphatic rings. The Bertz CT molecular complexity index is 2800. The summed E-state index contributed by atoms with van der Waals surface area (Å²) in [6.07, 6.45) is 10.7. The number of nitrogens with zero attached hydrogens (tertiary/aromatic N) is 1. The molecule has 13 rings (SSSR count). The highest BCUT2D eigenvalue weighted by Crippen LogP contribution is 2.90. The molecular weight excluding hydrogens is 759 g/mol. The molecule has 0 saturated heterocycles. The van der Waals surface area contributed by atoms with Gasteiger partial charge in [0.2, 0.25) is 0 Å². The standard InChI is InChI=1S/C62H65N/c1-57(2)28-30-59(5,6)49-34-39(24-26-46(49)57)42-16-10-13-21-51(42)63(52-22-14-11-17-43(52)40-25-27-47-50(35-40)60(7,8)31-29-58(47,3)4)53-23-15-20-48-56(53)44-18-9-12-19-45(44)62(48)54-33-38-32-41-36-55(62)61(41,54)37-38/h9-27,34-35,38,41,54-55H,28-33,36-37H2,1-8H3. The topological polar surface area (TPSA) is 3.24 Å². The third-order valence-corrected chi connectivity index (χ3v) is 19.5. The van der Waals surface area contributed by atoms with Crippen LogP contribution in [0.2, 0.25) is 0 Å². The van der Waals surface area contributed by atoms with Gasteiger partial charge in [-0.25, -0.2) is 0 Å². The molecular formula is C62H65N. The first-order valence-corrected chi connectivity index (χ1v) is 24.7. The second-order valence-corrected chi connectivity index (χ2v) is 24.2. The zero-order valence-corrected chi connectivity index (χ0v) is 39.0. The van der Waals surface area contributed by atoms with Crippen molar-refractivity contribution in [2.45, 2.75) is 134 Å². The first-order chi connectivity index (χ1) is 30.2. The molecule has 1 nitrogen and oxygen atoms in total. The van der Waals surface area contributed by atoms with E-state index < -0.39 is 0 Å². The molecule has 0 aromatic heterocycles. The fraction of sp³-hybridized carbons (Fsp3) is 0.419. The Morgan fingerprint density at radius 3 is 1.46 bits per heavy atom. The van der Waals surface area contributed by atoms with E-state index in [0.717, 1.165) is 23.7 Å². The maximum absolute atomic E-state index is 2.71. The summed E-state index contributed by atoms with van der Waals surface area (Å²) in [6, 6.07) is 50.9. The van der Waals surface area contributed by atoms with Crippen molar-refractivity contribution in [2.75, 3.05) is 4.90 Å². The summed E-state index contributed by atoms with van der Waals surface area (Å²) in [4.78, 5) is 2.71. The molecule has 2 bridgehead atoms. The molecule has 6 aromatic rings. The average molecular weight is 824 g/mol. The Kier molecular flexibility index (Phi) is 7.63. The molecule has 6 aromatic carbocycles. The summed E-state index contributed by atoms with van der Waals surface area (Å²) < 4.78 is 0. The quantitative estimate of drug-likeness (QED) is 0.167. The summed E-state index contributed by atoms with van der Waals surface area (Å²) in [5, 5.41) is 0. The number of fused-ring (bicyclic) bond motifs is 10. The molecule has 2 spiro atoms. The highest BCUT2D eigenvalue weighted by Gasteiger charge is 2.84. The number of hydrogen-bond acceptors (Lipinski definition) is 1. The van der Waals surface area contributed by atoms with Gasteiger partial charge >= 0.3 is 0 Å². The molecule has 0 amide bonds. The van der Waals surface area contributed by atoms with Crippen LogP contribution in [0.1, 0.15) is 140 Å². The van der Waals surface area contributed by atoms with Crippen molar-refractivity contribution in [3.63, 3.8) is 0 Å². The normalized spacial score (nSPS) is 29.7. The molecule has 6 unspecified atom stereocenters. The van der Waals surface area contributed by atoms with Crippen LogP contribution in [-0.2, 0) is 27.1 Å². The molecule has 6 atom stereocenters. The molecule has 4 saturated carbocycles. The molecule has 0 N–H and O–H groups in total. The summed E-state index contributed by atoms with van der Waals surface area (Å²) >= 11 is 0. The maximum atomic E-state index is 2.71. The first kappa shape index (κ1) is 38.6. The number of rotatable bonds is 5. The minimum absolute atomic E-state index is 0.121. The lowest BCUT2D eigenvalue weighted by Gasteiger charge is -2.76. The van der Waals surface area contributed by atoms with E-state index in [1.807, 2.05) is 0 Å². The van der Waals surface area contributed by atoms with E-state index in [-0.39, 0.29) is 27.1 Å². The molecule has 0 heterocycles. The zero-order valence-electron chi connectivity index (χ0n) is 39.0. The van der Waals surface area contributed by atoms with Gasteiger partial charge in [-0.2, -0.15) is 0 Å². The van der Waals surface area contributed by atoms with Crippen molar-refractivity contribution in [2.24, 2.45) is 29.1 Å². The summed E-state index contributed by atoms with van der Waals surface area (Å²) in [6.45, 7) is 19.6. The predicted octanol–water partition coefficient (Wildman–Crippen LogP) is 16.5. The fourth-order valence-corrected chi connectivity index (χ4v) is 16.3.